The van der Waals surface area contributed by atoms with E-state index in [1.165, 1.54) is 69.2 Å². The first-order valence-electron chi connectivity index (χ1n) is 11.4. The monoisotopic (exact) mass is 478 g/mol. The molecule has 0 aliphatic heterocycles. The SMILES string of the molecule is CCCCCCN(CCCCCC)c1ccc(N=Nc2c(Cl)cc([N+](=O)[O-])cc2Cl)cc1. The summed E-state index contributed by atoms with van der Waals surface area (Å²) in [6.45, 7) is 6.57. The fourth-order valence-corrected chi connectivity index (χ4v) is 3.97. The van der Waals surface area contributed by atoms with Crippen LogP contribution in [0.2, 0.25) is 10.0 Å². The van der Waals surface area contributed by atoms with E-state index in [1.807, 2.05) is 12.1 Å². The van der Waals surface area contributed by atoms with E-state index < -0.39 is 4.92 Å². The highest BCUT2D eigenvalue weighted by molar-refractivity contribution is 6.39. The van der Waals surface area contributed by atoms with Crippen molar-refractivity contribution in [3.8, 4) is 0 Å². The van der Waals surface area contributed by atoms with E-state index in [0.717, 1.165) is 13.1 Å². The number of rotatable bonds is 14. The van der Waals surface area contributed by atoms with Gasteiger partial charge in [-0.1, -0.05) is 75.6 Å². The first-order chi connectivity index (χ1) is 15.5. The first-order valence-corrected chi connectivity index (χ1v) is 12.1. The Bertz CT molecular complexity index is 853. The summed E-state index contributed by atoms with van der Waals surface area (Å²) < 4.78 is 0. The number of azo groups is 1. The normalized spacial score (nSPS) is 11.2. The summed E-state index contributed by atoms with van der Waals surface area (Å²) in [5.41, 5.74) is 1.89. The maximum Gasteiger partial charge on any atom is 0.272 e. The molecule has 32 heavy (non-hydrogen) atoms. The van der Waals surface area contributed by atoms with Crippen LogP contribution in [0, 0.1) is 10.1 Å². The first kappa shape index (κ1) is 26.1. The van der Waals surface area contributed by atoms with Crippen LogP contribution < -0.4 is 4.90 Å². The van der Waals surface area contributed by atoms with Gasteiger partial charge in [0.25, 0.3) is 5.69 Å². The summed E-state index contributed by atoms with van der Waals surface area (Å²) >= 11 is 12.2. The molecular formula is C24H32Cl2N4O2. The molecule has 0 unspecified atom stereocenters. The van der Waals surface area contributed by atoms with Crippen LogP contribution in [0.1, 0.15) is 65.2 Å². The van der Waals surface area contributed by atoms with Crippen molar-refractivity contribution in [2.24, 2.45) is 10.2 Å². The zero-order valence-corrected chi connectivity index (χ0v) is 20.4. The van der Waals surface area contributed by atoms with E-state index in [0.29, 0.717) is 5.69 Å². The van der Waals surface area contributed by atoms with Gasteiger partial charge in [-0.2, -0.15) is 5.11 Å². The van der Waals surface area contributed by atoms with Crippen molar-refractivity contribution in [3.63, 3.8) is 0 Å². The maximum absolute atomic E-state index is 10.9. The minimum atomic E-state index is -0.548. The van der Waals surface area contributed by atoms with E-state index in [-0.39, 0.29) is 21.4 Å². The number of nitrogens with zero attached hydrogens (tertiary/aromatic N) is 4. The van der Waals surface area contributed by atoms with E-state index in [1.54, 1.807) is 0 Å². The number of anilines is 1. The predicted octanol–water partition coefficient (Wildman–Crippen LogP) is 9.28. The summed E-state index contributed by atoms with van der Waals surface area (Å²) in [5.74, 6) is 0. The largest absolute Gasteiger partial charge is 0.372 e. The number of unbranched alkanes of at least 4 members (excludes halogenated alkanes) is 6. The minimum Gasteiger partial charge on any atom is -0.372 e. The molecule has 0 N–H and O–H groups in total. The predicted molar refractivity (Wildman–Crippen MR) is 134 cm³/mol. The van der Waals surface area contributed by atoms with Gasteiger partial charge in [0.2, 0.25) is 0 Å². The summed E-state index contributed by atoms with van der Waals surface area (Å²) in [7, 11) is 0. The second kappa shape index (κ2) is 14.1. The van der Waals surface area contributed by atoms with Crippen LogP contribution >= 0.6 is 23.2 Å². The molecule has 0 heterocycles. The van der Waals surface area contributed by atoms with Crippen molar-refractivity contribution < 1.29 is 4.92 Å². The average Bonchev–Trinajstić information content (AvgIpc) is 2.78. The zero-order chi connectivity index (χ0) is 23.3. The molecule has 0 atom stereocenters. The molecule has 2 aromatic rings. The third kappa shape index (κ3) is 8.40. The highest BCUT2D eigenvalue weighted by atomic mass is 35.5. The second-order valence-corrected chi connectivity index (χ2v) is 8.65. The Balaban J connectivity index is 2.08. The number of non-ortho nitro benzene ring substituents is 1. The Morgan fingerprint density at radius 1 is 0.844 bits per heavy atom. The molecule has 0 aliphatic carbocycles. The van der Waals surface area contributed by atoms with E-state index in [4.69, 9.17) is 23.2 Å². The van der Waals surface area contributed by atoms with Gasteiger partial charge < -0.3 is 4.90 Å². The molecule has 8 heteroatoms. The Labute approximate surface area is 200 Å². The third-order valence-corrected chi connectivity index (χ3v) is 5.83. The Kier molecular flexibility index (Phi) is 11.5. The van der Waals surface area contributed by atoms with E-state index in [2.05, 4.69) is 41.1 Å². The molecule has 0 saturated heterocycles. The average molecular weight is 479 g/mol. The van der Waals surface area contributed by atoms with Crippen molar-refractivity contribution in [2.45, 2.75) is 65.2 Å². The van der Waals surface area contributed by atoms with Gasteiger partial charge >= 0.3 is 0 Å². The molecule has 0 bridgehead atoms. The molecule has 0 fully saturated rings. The van der Waals surface area contributed by atoms with Crippen LogP contribution in [0.15, 0.2) is 46.6 Å². The number of nitro benzene ring substituents is 1. The van der Waals surface area contributed by atoms with Gasteiger partial charge in [-0.3, -0.25) is 10.1 Å². The highest BCUT2D eigenvalue weighted by Crippen LogP contribution is 2.37. The molecule has 174 valence electrons. The van der Waals surface area contributed by atoms with Crippen molar-refractivity contribution in [1.29, 1.82) is 0 Å². The molecule has 0 radical (unpaired) electrons. The number of halogens is 2. The number of benzene rings is 2. The molecule has 0 spiro atoms. The lowest BCUT2D eigenvalue weighted by Crippen LogP contribution is -2.25. The summed E-state index contributed by atoms with van der Waals surface area (Å²) in [6.07, 6.45) is 9.92. The lowest BCUT2D eigenvalue weighted by Gasteiger charge is -2.25. The van der Waals surface area contributed by atoms with Crippen molar-refractivity contribution >= 4 is 46.0 Å². The number of hydrogen-bond acceptors (Lipinski definition) is 5. The molecule has 6 nitrogen and oxygen atoms in total. The van der Waals surface area contributed by atoms with Crippen molar-refractivity contribution in [3.05, 3.63) is 56.6 Å². The molecule has 0 aliphatic rings. The maximum atomic E-state index is 10.9. The molecule has 0 aromatic heterocycles. The van der Waals surface area contributed by atoms with Gasteiger partial charge in [-0.15, -0.1) is 5.11 Å². The third-order valence-electron chi connectivity index (χ3n) is 5.26. The van der Waals surface area contributed by atoms with Crippen LogP contribution in [0.4, 0.5) is 22.7 Å². The quantitative estimate of drug-likeness (QED) is 0.117. The molecule has 0 saturated carbocycles. The van der Waals surface area contributed by atoms with Crippen molar-refractivity contribution in [2.75, 3.05) is 18.0 Å². The molecule has 2 aromatic carbocycles. The minimum absolute atomic E-state index is 0.0925. The number of nitro groups is 1. The summed E-state index contributed by atoms with van der Waals surface area (Å²) in [5, 5.41) is 19.4. The van der Waals surface area contributed by atoms with Gasteiger partial charge in [0, 0.05) is 30.9 Å². The lowest BCUT2D eigenvalue weighted by atomic mass is 10.1. The smallest absolute Gasteiger partial charge is 0.272 e. The van der Waals surface area contributed by atoms with Crippen LogP contribution in [-0.4, -0.2) is 18.0 Å². The molecular weight excluding hydrogens is 447 g/mol. The van der Waals surface area contributed by atoms with Gasteiger partial charge in [-0.05, 0) is 37.1 Å². The van der Waals surface area contributed by atoms with Crippen LogP contribution in [0.5, 0.6) is 0 Å². The van der Waals surface area contributed by atoms with Crippen LogP contribution in [0.25, 0.3) is 0 Å². The van der Waals surface area contributed by atoms with Crippen molar-refractivity contribution in [1.82, 2.24) is 0 Å². The summed E-state index contributed by atoms with van der Waals surface area (Å²) in [6, 6.07) is 10.4. The van der Waals surface area contributed by atoms with Gasteiger partial charge in [0.15, 0.2) is 0 Å². The second-order valence-electron chi connectivity index (χ2n) is 7.84. The standard InChI is InChI=1S/C24H32Cl2N4O2/c1-3-5-7-9-15-29(16-10-8-6-4-2)20-13-11-19(12-14-20)27-28-24-22(25)17-21(30(31)32)18-23(24)26/h11-14,17-18H,3-10,15-16H2,1-2H3. The van der Waals surface area contributed by atoms with Crippen LogP contribution in [-0.2, 0) is 0 Å². The Hall–Kier alpha value is -2.18. The molecule has 2 rings (SSSR count). The topological polar surface area (TPSA) is 71.1 Å². The highest BCUT2D eigenvalue weighted by Gasteiger charge is 2.14. The molecule has 0 amide bonds. The van der Waals surface area contributed by atoms with Gasteiger partial charge in [0.05, 0.1) is 20.7 Å². The van der Waals surface area contributed by atoms with Gasteiger partial charge in [0.1, 0.15) is 5.69 Å². The van der Waals surface area contributed by atoms with Crippen LogP contribution in [0.3, 0.4) is 0 Å². The zero-order valence-electron chi connectivity index (χ0n) is 18.9. The Morgan fingerprint density at radius 2 is 1.38 bits per heavy atom. The fraction of sp³-hybridized carbons (Fsp3) is 0.500. The number of hydrogen-bond donors (Lipinski definition) is 0. The fourth-order valence-electron chi connectivity index (χ4n) is 3.42. The van der Waals surface area contributed by atoms with E-state index >= 15 is 0 Å². The lowest BCUT2D eigenvalue weighted by molar-refractivity contribution is -0.384. The Morgan fingerprint density at radius 3 is 1.84 bits per heavy atom. The summed E-state index contributed by atoms with van der Waals surface area (Å²) in [4.78, 5) is 12.8. The van der Waals surface area contributed by atoms with Gasteiger partial charge in [-0.25, -0.2) is 0 Å². The van der Waals surface area contributed by atoms with E-state index in [9.17, 15) is 10.1 Å².